The predicted octanol–water partition coefficient (Wildman–Crippen LogP) is 2.68. The molecule has 4 nitrogen and oxygen atoms in total. The molecule has 4 heteroatoms. The average Bonchev–Trinajstić information content (AvgIpc) is 2.42. The second kappa shape index (κ2) is 6.07. The lowest BCUT2D eigenvalue weighted by atomic mass is 9.84. The number of carboxylic acids is 1. The van der Waals surface area contributed by atoms with Crippen molar-refractivity contribution in [3.8, 4) is 0 Å². The molecular weight excluding hydrogens is 254 g/mol. The summed E-state index contributed by atoms with van der Waals surface area (Å²) in [5.41, 5.74) is 2.81. The molecular formula is C16H21NO3. The zero-order valence-electron chi connectivity index (χ0n) is 12.0. The zero-order chi connectivity index (χ0) is 14.7. The highest BCUT2D eigenvalue weighted by Crippen LogP contribution is 2.25. The third-order valence-corrected chi connectivity index (χ3v) is 4.17. The van der Waals surface area contributed by atoms with Gasteiger partial charge in [-0.05, 0) is 49.9 Å². The minimum Gasteiger partial charge on any atom is -0.481 e. The summed E-state index contributed by atoms with van der Waals surface area (Å²) in [6.07, 6.45) is 3.29. The van der Waals surface area contributed by atoms with E-state index < -0.39 is 11.9 Å². The lowest BCUT2D eigenvalue weighted by Crippen LogP contribution is -2.45. The fraction of sp³-hybridized carbons (Fsp3) is 0.500. The van der Waals surface area contributed by atoms with E-state index in [1.165, 1.54) is 0 Å². The lowest BCUT2D eigenvalue weighted by Gasteiger charge is -2.29. The van der Waals surface area contributed by atoms with Gasteiger partial charge in [-0.25, -0.2) is 0 Å². The summed E-state index contributed by atoms with van der Waals surface area (Å²) in [7, 11) is 0. The molecule has 1 aromatic carbocycles. The number of carboxylic acid groups (broad SMARTS) is 1. The van der Waals surface area contributed by atoms with Crippen LogP contribution in [0.15, 0.2) is 18.2 Å². The van der Waals surface area contributed by atoms with Crippen molar-refractivity contribution in [2.45, 2.75) is 45.6 Å². The molecule has 1 amide bonds. The van der Waals surface area contributed by atoms with E-state index in [1.807, 2.05) is 26.0 Å². The van der Waals surface area contributed by atoms with Crippen LogP contribution >= 0.6 is 0 Å². The molecule has 1 aromatic rings. The molecule has 2 unspecified atom stereocenters. The van der Waals surface area contributed by atoms with Crippen LogP contribution in [0.2, 0.25) is 0 Å². The highest BCUT2D eigenvalue weighted by Gasteiger charge is 2.31. The van der Waals surface area contributed by atoms with E-state index in [0.717, 1.165) is 30.4 Å². The number of aliphatic carboxylic acids is 1. The van der Waals surface area contributed by atoms with Crippen molar-refractivity contribution in [3.05, 3.63) is 34.9 Å². The summed E-state index contributed by atoms with van der Waals surface area (Å²) in [5.74, 6) is -1.44. The van der Waals surface area contributed by atoms with Crippen LogP contribution in [0, 0.1) is 19.8 Å². The van der Waals surface area contributed by atoms with Crippen LogP contribution in [-0.2, 0) is 4.79 Å². The van der Waals surface area contributed by atoms with Gasteiger partial charge < -0.3 is 10.4 Å². The topological polar surface area (TPSA) is 66.4 Å². The smallest absolute Gasteiger partial charge is 0.308 e. The molecule has 0 aliphatic heterocycles. The highest BCUT2D eigenvalue weighted by atomic mass is 16.4. The molecule has 2 rings (SSSR count). The Bertz CT molecular complexity index is 524. The summed E-state index contributed by atoms with van der Waals surface area (Å²) >= 11 is 0. The van der Waals surface area contributed by atoms with Gasteiger partial charge in [0.2, 0.25) is 0 Å². The molecule has 108 valence electrons. The maximum absolute atomic E-state index is 12.2. The molecule has 0 heterocycles. The summed E-state index contributed by atoms with van der Waals surface area (Å²) in [5, 5.41) is 12.1. The molecule has 0 aromatic heterocycles. The number of nitrogens with one attached hydrogen (secondary N) is 1. The first-order valence-corrected chi connectivity index (χ1v) is 7.10. The van der Waals surface area contributed by atoms with Gasteiger partial charge in [-0.1, -0.05) is 18.9 Å². The first-order chi connectivity index (χ1) is 9.49. The summed E-state index contributed by atoms with van der Waals surface area (Å²) in [4.78, 5) is 23.5. The molecule has 2 atom stereocenters. The molecule has 1 fully saturated rings. The van der Waals surface area contributed by atoms with E-state index in [1.54, 1.807) is 6.07 Å². The Hall–Kier alpha value is -1.84. The van der Waals surface area contributed by atoms with E-state index in [9.17, 15) is 14.7 Å². The fourth-order valence-electron chi connectivity index (χ4n) is 2.73. The first kappa shape index (κ1) is 14.6. The average molecular weight is 275 g/mol. The van der Waals surface area contributed by atoms with Crippen molar-refractivity contribution < 1.29 is 14.7 Å². The number of aryl methyl sites for hydroxylation is 2. The van der Waals surface area contributed by atoms with Gasteiger partial charge in [0.1, 0.15) is 0 Å². The standard InChI is InChI=1S/C16H21NO3/c1-10-7-8-12(9-11(10)2)15(18)17-14-6-4-3-5-13(14)16(19)20/h7-9,13-14H,3-6H2,1-2H3,(H,17,18)(H,19,20). The van der Waals surface area contributed by atoms with E-state index in [0.29, 0.717) is 12.0 Å². The Kier molecular flexibility index (Phi) is 4.42. The first-order valence-electron chi connectivity index (χ1n) is 7.10. The van der Waals surface area contributed by atoms with Gasteiger partial charge in [-0.15, -0.1) is 0 Å². The molecule has 0 bridgehead atoms. The quantitative estimate of drug-likeness (QED) is 0.891. The number of hydrogen-bond donors (Lipinski definition) is 2. The summed E-state index contributed by atoms with van der Waals surface area (Å²) in [6.45, 7) is 3.96. The number of carbonyl (C=O) groups excluding carboxylic acids is 1. The molecule has 0 radical (unpaired) electrons. The normalized spacial score (nSPS) is 22.3. The van der Waals surface area contributed by atoms with Gasteiger partial charge in [0.25, 0.3) is 5.91 Å². The Morgan fingerprint density at radius 1 is 1.15 bits per heavy atom. The fourth-order valence-corrected chi connectivity index (χ4v) is 2.73. The molecule has 2 N–H and O–H groups in total. The number of amides is 1. The van der Waals surface area contributed by atoms with Crippen LogP contribution in [0.25, 0.3) is 0 Å². The molecule has 1 saturated carbocycles. The molecule has 0 spiro atoms. The van der Waals surface area contributed by atoms with Crippen LogP contribution in [0.5, 0.6) is 0 Å². The van der Waals surface area contributed by atoms with Crippen molar-refractivity contribution in [1.29, 1.82) is 0 Å². The van der Waals surface area contributed by atoms with Gasteiger partial charge >= 0.3 is 5.97 Å². The third-order valence-electron chi connectivity index (χ3n) is 4.17. The number of carbonyl (C=O) groups is 2. The molecule has 20 heavy (non-hydrogen) atoms. The Labute approximate surface area is 119 Å². The largest absolute Gasteiger partial charge is 0.481 e. The van der Waals surface area contributed by atoms with Crippen LogP contribution in [-0.4, -0.2) is 23.0 Å². The van der Waals surface area contributed by atoms with Crippen molar-refractivity contribution in [2.75, 3.05) is 0 Å². The number of rotatable bonds is 3. The van der Waals surface area contributed by atoms with Gasteiger partial charge in [-0.3, -0.25) is 9.59 Å². The van der Waals surface area contributed by atoms with Crippen LogP contribution in [0.4, 0.5) is 0 Å². The van der Waals surface area contributed by atoms with E-state index in [-0.39, 0.29) is 11.9 Å². The van der Waals surface area contributed by atoms with E-state index in [2.05, 4.69) is 5.32 Å². The Balaban J connectivity index is 2.09. The van der Waals surface area contributed by atoms with Crippen molar-refractivity contribution in [3.63, 3.8) is 0 Å². The number of hydrogen-bond acceptors (Lipinski definition) is 2. The van der Waals surface area contributed by atoms with Crippen LogP contribution in [0.3, 0.4) is 0 Å². The Morgan fingerprint density at radius 3 is 2.50 bits per heavy atom. The lowest BCUT2D eigenvalue weighted by molar-refractivity contribution is -0.143. The van der Waals surface area contributed by atoms with Crippen LogP contribution < -0.4 is 5.32 Å². The SMILES string of the molecule is Cc1ccc(C(=O)NC2CCCCC2C(=O)O)cc1C. The minimum atomic E-state index is -0.810. The van der Waals surface area contributed by atoms with E-state index >= 15 is 0 Å². The van der Waals surface area contributed by atoms with E-state index in [4.69, 9.17) is 0 Å². The molecule has 0 saturated heterocycles. The third kappa shape index (κ3) is 3.18. The van der Waals surface area contributed by atoms with Crippen molar-refractivity contribution >= 4 is 11.9 Å². The number of benzene rings is 1. The van der Waals surface area contributed by atoms with Crippen molar-refractivity contribution in [2.24, 2.45) is 5.92 Å². The maximum Gasteiger partial charge on any atom is 0.308 e. The maximum atomic E-state index is 12.2. The van der Waals surface area contributed by atoms with Gasteiger partial charge in [0.15, 0.2) is 0 Å². The predicted molar refractivity (Wildman–Crippen MR) is 76.8 cm³/mol. The zero-order valence-corrected chi connectivity index (χ0v) is 12.0. The van der Waals surface area contributed by atoms with Crippen LogP contribution in [0.1, 0.15) is 47.2 Å². The highest BCUT2D eigenvalue weighted by molar-refractivity contribution is 5.95. The second-order valence-electron chi connectivity index (χ2n) is 5.61. The minimum absolute atomic E-state index is 0.175. The van der Waals surface area contributed by atoms with Gasteiger partial charge in [0, 0.05) is 11.6 Å². The summed E-state index contributed by atoms with van der Waals surface area (Å²) in [6, 6.07) is 5.30. The molecule has 1 aliphatic rings. The monoisotopic (exact) mass is 275 g/mol. The van der Waals surface area contributed by atoms with Gasteiger partial charge in [-0.2, -0.15) is 0 Å². The van der Waals surface area contributed by atoms with Crippen molar-refractivity contribution in [1.82, 2.24) is 5.32 Å². The Morgan fingerprint density at radius 2 is 1.85 bits per heavy atom. The second-order valence-corrected chi connectivity index (χ2v) is 5.61. The summed E-state index contributed by atoms with van der Waals surface area (Å²) < 4.78 is 0. The molecule has 1 aliphatic carbocycles. The van der Waals surface area contributed by atoms with Gasteiger partial charge in [0.05, 0.1) is 5.92 Å².